The monoisotopic (exact) mass is 498 g/mol. The smallest absolute Gasteiger partial charge is 0.307 e. The van der Waals surface area contributed by atoms with Gasteiger partial charge in [0, 0.05) is 11.0 Å². The lowest BCUT2D eigenvalue weighted by Crippen LogP contribution is -2.26. The summed E-state index contributed by atoms with van der Waals surface area (Å²) in [5, 5.41) is 9.22. The van der Waals surface area contributed by atoms with E-state index in [4.69, 9.17) is 9.47 Å². The molecule has 4 heteroatoms. The highest BCUT2D eigenvalue weighted by Crippen LogP contribution is 2.41. The van der Waals surface area contributed by atoms with E-state index in [1.807, 2.05) is 18.2 Å². The van der Waals surface area contributed by atoms with Crippen molar-refractivity contribution in [1.29, 1.82) is 0 Å². The van der Waals surface area contributed by atoms with Crippen LogP contribution in [0.15, 0.2) is 66.7 Å². The Balaban J connectivity index is 1.67. The molecule has 1 fully saturated rings. The van der Waals surface area contributed by atoms with Crippen LogP contribution in [-0.4, -0.2) is 30.4 Å². The number of ether oxygens (including phenoxy) is 2. The number of epoxide rings is 1. The van der Waals surface area contributed by atoms with Crippen molar-refractivity contribution >= 4 is 12.0 Å². The summed E-state index contributed by atoms with van der Waals surface area (Å²) in [6.07, 6.45) is 7.38. The Bertz CT molecular complexity index is 1280. The molecule has 1 saturated heterocycles. The van der Waals surface area contributed by atoms with Gasteiger partial charge in [-0.1, -0.05) is 75.4 Å². The van der Waals surface area contributed by atoms with Crippen molar-refractivity contribution in [3.8, 4) is 16.9 Å². The van der Waals surface area contributed by atoms with Gasteiger partial charge in [0.05, 0.1) is 20.1 Å². The predicted octanol–water partition coefficient (Wildman–Crippen LogP) is 7.60. The fourth-order valence-electron chi connectivity index (χ4n) is 5.38. The molecule has 37 heavy (non-hydrogen) atoms. The van der Waals surface area contributed by atoms with E-state index in [0.29, 0.717) is 0 Å². The number of hydrogen-bond donors (Lipinski definition) is 1. The summed E-state index contributed by atoms with van der Waals surface area (Å²) in [5.74, 6) is -0.107. The van der Waals surface area contributed by atoms with Crippen LogP contribution in [0.5, 0.6) is 5.75 Å². The average molecular weight is 499 g/mol. The highest BCUT2D eigenvalue weighted by Gasteiger charge is 2.39. The molecule has 1 aliphatic heterocycles. The molecule has 1 unspecified atom stereocenters. The predicted molar refractivity (Wildman–Crippen MR) is 150 cm³/mol. The van der Waals surface area contributed by atoms with Gasteiger partial charge >= 0.3 is 5.97 Å². The fraction of sp³-hybridized carbons (Fsp3) is 0.364. The van der Waals surface area contributed by atoms with Gasteiger partial charge in [0.15, 0.2) is 0 Å². The first-order valence-electron chi connectivity index (χ1n) is 13.2. The van der Waals surface area contributed by atoms with Crippen LogP contribution < -0.4 is 4.74 Å². The van der Waals surface area contributed by atoms with Crippen LogP contribution in [0.1, 0.15) is 67.9 Å². The summed E-state index contributed by atoms with van der Waals surface area (Å²) in [5.41, 5.74) is 7.63. The minimum Gasteiger partial charge on any atom is -0.496 e. The topological polar surface area (TPSA) is 59.1 Å². The SMILES string of the molecule is CCC1(/C=C/c2ccc(C(CC)(CC)c3ccc(-c4cc(CC(=O)O)ccc4OC)cc3)cc2C)CO1. The standard InChI is InChI=1S/C33H38O4/c1-6-32(22-37-32)18-17-25-10-15-28(19-23(25)4)33(7-2,8-3)27-13-11-26(12-14-27)29-20-24(21-31(34)35)9-16-30(29)36-5/h9-20H,6-8,21-22H2,1-5H3,(H,34,35)/b18-17+. The molecule has 194 valence electrons. The number of carboxylic acid groups (broad SMARTS) is 1. The molecule has 1 aliphatic rings. The maximum Gasteiger partial charge on any atom is 0.307 e. The van der Waals surface area contributed by atoms with E-state index < -0.39 is 5.97 Å². The molecule has 0 aliphatic carbocycles. The highest BCUT2D eigenvalue weighted by molar-refractivity contribution is 5.75. The summed E-state index contributed by atoms with van der Waals surface area (Å²) in [4.78, 5) is 11.2. The molecule has 1 N–H and O–H groups in total. The van der Waals surface area contributed by atoms with Gasteiger partial charge in [-0.05, 0) is 77.8 Å². The Labute approximate surface area is 221 Å². The van der Waals surface area contributed by atoms with Crippen molar-refractivity contribution in [3.63, 3.8) is 0 Å². The normalized spacial score (nSPS) is 17.2. The second-order valence-electron chi connectivity index (χ2n) is 10.1. The van der Waals surface area contributed by atoms with Crippen molar-refractivity contribution in [1.82, 2.24) is 0 Å². The average Bonchev–Trinajstić information content (AvgIpc) is 3.70. The van der Waals surface area contributed by atoms with Crippen molar-refractivity contribution in [2.45, 2.75) is 64.4 Å². The molecule has 0 saturated carbocycles. The first kappa shape index (κ1) is 26.7. The summed E-state index contributed by atoms with van der Waals surface area (Å²) in [6.45, 7) is 9.68. The zero-order valence-electron chi connectivity index (χ0n) is 22.6. The summed E-state index contributed by atoms with van der Waals surface area (Å²) in [7, 11) is 1.64. The molecule has 3 aromatic carbocycles. The van der Waals surface area contributed by atoms with Gasteiger partial charge in [-0.3, -0.25) is 4.79 Å². The molecule has 1 atom stereocenters. The van der Waals surface area contributed by atoms with Gasteiger partial charge in [0.2, 0.25) is 0 Å². The molecule has 0 bridgehead atoms. The van der Waals surface area contributed by atoms with Crippen molar-refractivity contribution < 1.29 is 19.4 Å². The van der Waals surface area contributed by atoms with Crippen LogP contribution in [0.3, 0.4) is 0 Å². The number of aryl methyl sites for hydroxylation is 1. The van der Waals surface area contributed by atoms with E-state index in [1.165, 1.54) is 22.3 Å². The second kappa shape index (κ2) is 10.9. The summed E-state index contributed by atoms with van der Waals surface area (Å²) in [6, 6.07) is 21.1. The number of methoxy groups -OCH3 is 1. The zero-order valence-corrected chi connectivity index (χ0v) is 22.6. The third-order valence-corrected chi connectivity index (χ3v) is 8.08. The molecule has 1 heterocycles. The zero-order chi connectivity index (χ0) is 26.6. The van der Waals surface area contributed by atoms with Crippen LogP contribution in [0, 0.1) is 6.92 Å². The van der Waals surface area contributed by atoms with Crippen molar-refractivity contribution in [2.75, 3.05) is 13.7 Å². The third-order valence-electron chi connectivity index (χ3n) is 8.08. The lowest BCUT2D eigenvalue weighted by molar-refractivity contribution is -0.136. The number of aliphatic carboxylic acids is 1. The molecule has 3 aromatic rings. The Kier molecular flexibility index (Phi) is 7.89. The lowest BCUT2D eigenvalue weighted by atomic mass is 9.70. The van der Waals surface area contributed by atoms with Gasteiger partial charge in [0.1, 0.15) is 11.4 Å². The minimum atomic E-state index is -0.843. The van der Waals surface area contributed by atoms with E-state index >= 15 is 0 Å². The Morgan fingerprint density at radius 1 is 1.03 bits per heavy atom. The van der Waals surface area contributed by atoms with E-state index in [9.17, 15) is 9.90 Å². The van der Waals surface area contributed by atoms with Crippen LogP contribution in [0.4, 0.5) is 0 Å². The fourth-order valence-corrected chi connectivity index (χ4v) is 5.38. The number of rotatable bonds is 11. The lowest BCUT2D eigenvalue weighted by Gasteiger charge is -2.34. The summed E-state index contributed by atoms with van der Waals surface area (Å²) < 4.78 is 11.2. The molecular formula is C33H38O4. The minimum absolute atomic E-state index is 0.0130. The van der Waals surface area contributed by atoms with Gasteiger partial charge < -0.3 is 14.6 Å². The maximum atomic E-state index is 11.2. The van der Waals surface area contributed by atoms with E-state index in [1.54, 1.807) is 7.11 Å². The molecule has 0 radical (unpaired) electrons. The Hall–Kier alpha value is -3.37. The Morgan fingerprint density at radius 2 is 1.70 bits per heavy atom. The maximum absolute atomic E-state index is 11.2. The largest absolute Gasteiger partial charge is 0.496 e. The van der Waals surface area contributed by atoms with Gasteiger partial charge in [-0.25, -0.2) is 0 Å². The number of benzene rings is 3. The van der Waals surface area contributed by atoms with Gasteiger partial charge in [-0.15, -0.1) is 0 Å². The summed E-state index contributed by atoms with van der Waals surface area (Å²) >= 11 is 0. The second-order valence-corrected chi connectivity index (χ2v) is 10.1. The van der Waals surface area contributed by atoms with Gasteiger partial charge in [0.25, 0.3) is 0 Å². The molecule has 4 rings (SSSR count). The van der Waals surface area contributed by atoms with Crippen molar-refractivity contribution in [2.24, 2.45) is 0 Å². The van der Waals surface area contributed by atoms with E-state index in [0.717, 1.165) is 48.3 Å². The first-order valence-corrected chi connectivity index (χ1v) is 13.2. The number of hydrogen-bond acceptors (Lipinski definition) is 3. The first-order chi connectivity index (χ1) is 17.8. The van der Waals surface area contributed by atoms with E-state index in [-0.39, 0.29) is 17.4 Å². The van der Waals surface area contributed by atoms with E-state index in [2.05, 4.69) is 82.3 Å². The van der Waals surface area contributed by atoms with Gasteiger partial charge in [-0.2, -0.15) is 0 Å². The third kappa shape index (κ3) is 5.50. The van der Waals surface area contributed by atoms with Crippen LogP contribution >= 0.6 is 0 Å². The number of carboxylic acids is 1. The molecule has 0 spiro atoms. The molecule has 0 amide bonds. The van der Waals surface area contributed by atoms with Crippen LogP contribution in [0.2, 0.25) is 0 Å². The number of carbonyl (C=O) groups is 1. The van der Waals surface area contributed by atoms with Crippen LogP contribution in [-0.2, 0) is 21.4 Å². The van der Waals surface area contributed by atoms with Crippen LogP contribution in [0.25, 0.3) is 17.2 Å². The Morgan fingerprint density at radius 3 is 2.24 bits per heavy atom. The quantitative estimate of drug-likeness (QED) is 0.277. The highest BCUT2D eigenvalue weighted by atomic mass is 16.6. The van der Waals surface area contributed by atoms with Crippen molar-refractivity contribution in [3.05, 3.63) is 94.6 Å². The molecular weight excluding hydrogens is 460 g/mol. The molecule has 0 aromatic heterocycles. The molecule has 4 nitrogen and oxygen atoms in total.